The van der Waals surface area contributed by atoms with Crippen molar-refractivity contribution >= 4 is 34.9 Å². The predicted molar refractivity (Wildman–Crippen MR) is 108 cm³/mol. The number of nitrogens with zero attached hydrogens (tertiary/aromatic N) is 1. The zero-order valence-corrected chi connectivity index (χ0v) is 16.2. The maximum Gasteiger partial charge on any atom is 0.310 e. The van der Waals surface area contributed by atoms with E-state index in [4.69, 9.17) is 16.3 Å². The third-order valence-electron chi connectivity index (χ3n) is 4.59. The van der Waals surface area contributed by atoms with E-state index in [2.05, 4.69) is 5.32 Å². The Hall–Kier alpha value is -3.19. The molecule has 7 nitrogen and oxygen atoms in total. The van der Waals surface area contributed by atoms with Gasteiger partial charge in [0.2, 0.25) is 6.10 Å². The van der Waals surface area contributed by atoms with Crippen molar-refractivity contribution in [1.82, 2.24) is 0 Å². The van der Waals surface area contributed by atoms with E-state index in [0.717, 1.165) is 12.5 Å². The van der Waals surface area contributed by atoms with Crippen molar-refractivity contribution in [3.05, 3.63) is 81.4 Å². The minimum absolute atomic E-state index is 0.0376. The average molecular weight is 415 g/mol. The summed E-state index contributed by atoms with van der Waals surface area (Å²) in [5.74, 6) is -1.34. The van der Waals surface area contributed by atoms with Crippen LogP contribution < -0.4 is 5.32 Å². The van der Waals surface area contributed by atoms with Crippen molar-refractivity contribution in [3.8, 4) is 0 Å². The van der Waals surface area contributed by atoms with Gasteiger partial charge in [-0.1, -0.05) is 54.1 Å². The van der Waals surface area contributed by atoms with Crippen LogP contribution in [0.2, 0.25) is 5.02 Å². The zero-order valence-electron chi connectivity index (χ0n) is 15.4. The molecule has 0 unspecified atom stereocenters. The Kier molecular flexibility index (Phi) is 6.61. The number of hydrogen-bond donors (Lipinski definition) is 1. The van der Waals surface area contributed by atoms with Gasteiger partial charge in [-0.2, -0.15) is 0 Å². The first kappa shape index (κ1) is 20.5. The van der Waals surface area contributed by atoms with Crippen LogP contribution >= 0.6 is 11.6 Å². The van der Waals surface area contributed by atoms with E-state index in [0.29, 0.717) is 18.4 Å². The number of ether oxygens (including phenoxy) is 1. The molecule has 0 radical (unpaired) electrons. The molecule has 0 aliphatic heterocycles. The summed E-state index contributed by atoms with van der Waals surface area (Å²) in [6, 6.07) is 12.6. The second kappa shape index (κ2) is 9.34. The van der Waals surface area contributed by atoms with Gasteiger partial charge in [0, 0.05) is 17.3 Å². The largest absolute Gasteiger partial charge is 0.447 e. The molecule has 0 heterocycles. The van der Waals surface area contributed by atoms with Crippen molar-refractivity contribution in [2.75, 3.05) is 5.32 Å². The van der Waals surface area contributed by atoms with Crippen LogP contribution in [0.5, 0.6) is 0 Å². The monoisotopic (exact) mass is 414 g/mol. The second-order valence-electron chi connectivity index (χ2n) is 6.62. The van der Waals surface area contributed by atoms with Crippen molar-refractivity contribution < 1.29 is 19.2 Å². The third kappa shape index (κ3) is 5.20. The smallest absolute Gasteiger partial charge is 0.310 e. The van der Waals surface area contributed by atoms with E-state index < -0.39 is 22.9 Å². The van der Waals surface area contributed by atoms with Crippen LogP contribution in [0.25, 0.3) is 0 Å². The predicted octanol–water partition coefficient (Wildman–Crippen LogP) is 4.83. The lowest BCUT2D eigenvalue weighted by Crippen LogP contribution is -2.29. The molecule has 1 amide bonds. The van der Waals surface area contributed by atoms with Crippen LogP contribution in [0.3, 0.4) is 0 Å². The van der Waals surface area contributed by atoms with Gasteiger partial charge in [-0.15, -0.1) is 0 Å². The Balaban J connectivity index is 1.81. The van der Waals surface area contributed by atoms with E-state index in [-0.39, 0.29) is 22.3 Å². The fourth-order valence-corrected chi connectivity index (χ4v) is 3.25. The van der Waals surface area contributed by atoms with Crippen LogP contribution in [0.1, 0.15) is 30.9 Å². The molecule has 2 aromatic rings. The molecule has 8 heteroatoms. The lowest BCUT2D eigenvalue weighted by molar-refractivity contribution is -0.384. The highest BCUT2D eigenvalue weighted by molar-refractivity contribution is 6.32. The number of nitrogens with one attached hydrogen (secondary N) is 1. The summed E-state index contributed by atoms with van der Waals surface area (Å²) in [5, 5.41) is 13.6. The Bertz CT molecular complexity index is 945. The number of halogens is 1. The van der Waals surface area contributed by atoms with Crippen molar-refractivity contribution in [2.24, 2.45) is 5.92 Å². The van der Waals surface area contributed by atoms with E-state index >= 15 is 0 Å². The Morgan fingerprint density at radius 3 is 2.59 bits per heavy atom. The number of anilines is 1. The molecule has 1 aliphatic carbocycles. The highest BCUT2D eigenvalue weighted by Gasteiger charge is 2.29. The fourth-order valence-electron chi connectivity index (χ4n) is 3.06. The van der Waals surface area contributed by atoms with E-state index in [1.807, 2.05) is 12.2 Å². The number of allylic oxidation sites excluding steroid dienone is 2. The molecule has 0 bridgehead atoms. The Morgan fingerprint density at radius 1 is 1.17 bits per heavy atom. The Morgan fingerprint density at radius 2 is 1.93 bits per heavy atom. The molecule has 0 spiro atoms. The summed E-state index contributed by atoms with van der Waals surface area (Å²) >= 11 is 5.81. The van der Waals surface area contributed by atoms with Crippen LogP contribution in [0.15, 0.2) is 60.7 Å². The van der Waals surface area contributed by atoms with Crippen molar-refractivity contribution in [1.29, 1.82) is 0 Å². The SMILES string of the molecule is O=C(O[C@@H](C(=O)Nc1ccc(Cl)c([N+](=O)[O-])c1)c1ccccc1)[C@@H]1CC=CCC1. The molecule has 1 N–H and O–H groups in total. The molecule has 0 saturated carbocycles. The molecule has 2 atom stereocenters. The maximum atomic E-state index is 12.9. The average Bonchev–Trinajstić information content (AvgIpc) is 2.74. The summed E-state index contributed by atoms with van der Waals surface area (Å²) in [6.45, 7) is 0. The van der Waals surface area contributed by atoms with Gasteiger partial charge < -0.3 is 10.1 Å². The number of carbonyl (C=O) groups is 2. The first-order valence-electron chi connectivity index (χ1n) is 9.11. The number of nitro benzene ring substituents is 1. The van der Waals surface area contributed by atoms with Gasteiger partial charge in [0.15, 0.2) is 0 Å². The first-order chi connectivity index (χ1) is 14.0. The van der Waals surface area contributed by atoms with Gasteiger partial charge in [0.05, 0.1) is 10.8 Å². The van der Waals surface area contributed by atoms with E-state index in [1.165, 1.54) is 12.1 Å². The van der Waals surface area contributed by atoms with Gasteiger partial charge in [0.1, 0.15) is 5.02 Å². The minimum Gasteiger partial charge on any atom is -0.447 e. The maximum absolute atomic E-state index is 12.9. The van der Waals surface area contributed by atoms with Crippen LogP contribution in [-0.4, -0.2) is 16.8 Å². The first-order valence-corrected chi connectivity index (χ1v) is 9.48. The van der Waals surface area contributed by atoms with Crippen LogP contribution in [0, 0.1) is 16.0 Å². The zero-order chi connectivity index (χ0) is 20.8. The van der Waals surface area contributed by atoms with Crippen LogP contribution in [0.4, 0.5) is 11.4 Å². The number of nitro groups is 1. The fraction of sp³-hybridized carbons (Fsp3) is 0.238. The van der Waals surface area contributed by atoms with Gasteiger partial charge in [-0.3, -0.25) is 19.7 Å². The molecule has 0 aromatic heterocycles. The quantitative estimate of drug-likeness (QED) is 0.316. The van der Waals surface area contributed by atoms with Crippen molar-refractivity contribution in [2.45, 2.75) is 25.4 Å². The molecule has 1 aliphatic rings. The number of benzene rings is 2. The number of carbonyl (C=O) groups excluding carboxylic acids is 2. The molecule has 0 saturated heterocycles. The number of hydrogen-bond acceptors (Lipinski definition) is 5. The van der Waals surface area contributed by atoms with Gasteiger partial charge >= 0.3 is 5.97 Å². The summed E-state index contributed by atoms with van der Waals surface area (Å²) in [4.78, 5) is 35.9. The summed E-state index contributed by atoms with van der Waals surface area (Å²) in [5.41, 5.74) is 0.364. The molecular weight excluding hydrogens is 396 g/mol. The lowest BCUT2D eigenvalue weighted by Gasteiger charge is -2.22. The Labute approximate surface area is 172 Å². The molecule has 3 rings (SSSR count). The summed E-state index contributed by atoms with van der Waals surface area (Å²) in [6.07, 6.45) is 4.80. The molecule has 150 valence electrons. The normalized spacial score (nSPS) is 16.7. The van der Waals surface area contributed by atoms with E-state index in [1.54, 1.807) is 30.3 Å². The standard InChI is InChI=1S/C21H19ClN2O5/c22-17-12-11-16(13-18(17)24(27)28)23-20(25)19(14-7-3-1-4-8-14)29-21(26)15-9-5-2-6-10-15/h1-5,7-8,11-13,15,19H,6,9-10H2,(H,23,25)/t15-,19-/m1/s1. The van der Waals surface area contributed by atoms with Crippen LogP contribution in [-0.2, 0) is 14.3 Å². The highest BCUT2D eigenvalue weighted by atomic mass is 35.5. The highest BCUT2D eigenvalue weighted by Crippen LogP contribution is 2.29. The molecular formula is C21H19ClN2O5. The number of amides is 1. The topological polar surface area (TPSA) is 98.5 Å². The van der Waals surface area contributed by atoms with E-state index in [9.17, 15) is 19.7 Å². The van der Waals surface area contributed by atoms with Gasteiger partial charge in [-0.25, -0.2) is 0 Å². The summed E-state index contributed by atoms with van der Waals surface area (Å²) in [7, 11) is 0. The van der Waals surface area contributed by atoms with Crippen molar-refractivity contribution in [3.63, 3.8) is 0 Å². The van der Waals surface area contributed by atoms with Gasteiger partial charge in [0.25, 0.3) is 11.6 Å². The molecule has 0 fully saturated rings. The second-order valence-corrected chi connectivity index (χ2v) is 7.03. The molecule has 29 heavy (non-hydrogen) atoms. The number of rotatable bonds is 6. The lowest BCUT2D eigenvalue weighted by atomic mass is 9.94. The molecule has 2 aromatic carbocycles. The minimum atomic E-state index is -1.18. The number of esters is 1. The third-order valence-corrected chi connectivity index (χ3v) is 4.91. The summed E-state index contributed by atoms with van der Waals surface area (Å²) < 4.78 is 5.57. The van der Waals surface area contributed by atoms with Gasteiger partial charge in [-0.05, 0) is 31.4 Å².